The van der Waals surface area contributed by atoms with Gasteiger partial charge in [0, 0.05) is 41.8 Å². The van der Waals surface area contributed by atoms with Crippen molar-refractivity contribution < 1.29 is 84.0 Å². The van der Waals surface area contributed by atoms with Gasteiger partial charge in [-0.2, -0.15) is 0 Å². The van der Waals surface area contributed by atoms with Crippen LogP contribution in [0.15, 0.2) is 63.5 Å². The number of nitrogens with one attached hydrogen (secondary N) is 1. The topological polar surface area (TPSA) is 342 Å². The molecule has 1 unspecified atom stereocenters. The van der Waals surface area contributed by atoms with Crippen molar-refractivity contribution >= 4 is 22.9 Å². The zero-order chi connectivity index (χ0) is 41.6. The minimum atomic E-state index is -2.96. The molecule has 20 heteroatoms. The molecule has 5 aliphatic heterocycles. The minimum Gasteiger partial charge on any atom is -0.507 e. The first-order chi connectivity index (χ1) is 27.4. The Labute approximate surface area is 325 Å². The maximum atomic E-state index is 14.2. The lowest BCUT2D eigenvalue weighted by molar-refractivity contribution is -0.367. The predicted octanol–water partition coefficient (Wildman–Crippen LogP) is -2.08. The average Bonchev–Trinajstić information content (AvgIpc) is 3.31. The molecule has 0 amide bonds. The lowest BCUT2D eigenvalue weighted by Gasteiger charge is -2.52. The number of carboxylic acids is 1. The van der Waals surface area contributed by atoms with Gasteiger partial charge in [0.1, 0.15) is 64.9 Å². The van der Waals surface area contributed by atoms with Gasteiger partial charge in [-0.05, 0) is 36.3 Å². The number of carboxylic acid groups (broad SMARTS) is 1. The number of hydrogen-bond acceptors (Lipinski definition) is 19. The van der Waals surface area contributed by atoms with Crippen LogP contribution in [0, 0.1) is 11.8 Å². The molecule has 0 radical (unpaired) electrons. The lowest BCUT2D eigenvalue weighted by Crippen LogP contribution is -2.74. The monoisotopic (exact) mass is 808 g/mol. The number of hydrogen-bond donors (Lipinski definition) is 12. The van der Waals surface area contributed by atoms with Gasteiger partial charge in [0.15, 0.2) is 16.9 Å². The SMILES string of the molecule is NC1C=CC([C@@H]2CC[C@]3(Oc4cc5oc(-c6ccc(O)c(O)c6)cc(=O)c5c(O)c42)O[C@@]2(CC#C[C@]4(C(=O)O)O[C@H](OC2=O)[C@H](O)[C@@H](O)[C@@H]4O)[C@@H](O)[C@H](O)[C@H]3O)=CN1. The normalized spacial score (nSPS) is 36.8. The van der Waals surface area contributed by atoms with Gasteiger partial charge in [-0.15, -0.1) is 0 Å². The number of allylic oxidation sites excluding steroid dienone is 2. The summed E-state index contributed by atoms with van der Waals surface area (Å²) < 4.78 is 29.3. The number of ether oxygens (including phenoxy) is 4. The van der Waals surface area contributed by atoms with Crippen LogP contribution in [-0.2, 0) is 23.8 Å². The number of carbonyl (C=O) groups is 2. The van der Waals surface area contributed by atoms with E-state index in [1.165, 1.54) is 18.3 Å². The summed E-state index contributed by atoms with van der Waals surface area (Å²) in [6.45, 7) is 0. The van der Waals surface area contributed by atoms with E-state index in [1.807, 2.05) is 0 Å². The molecule has 0 saturated carbocycles. The van der Waals surface area contributed by atoms with Crippen molar-refractivity contribution in [3.05, 3.63) is 70.0 Å². The zero-order valence-corrected chi connectivity index (χ0v) is 29.8. The highest BCUT2D eigenvalue weighted by atomic mass is 16.8. The van der Waals surface area contributed by atoms with E-state index in [9.17, 15) is 65.4 Å². The molecule has 20 nitrogen and oxygen atoms in total. The average molecular weight is 809 g/mol. The van der Waals surface area contributed by atoms with Crippen molar-refractivity contribution in [2.45, 2.75) is 91.2 Å². The van der Waals surface area contributed by atoms with Crippen molar-refractivity contribution in [1.29, 1.82) is 0 Å². The summed E-state index contributed by atoms with van der Waals surface area (Å²) in [4.78, 5) is 40.3. The van der Waals surface area contributed by atoms with Gasteiger partial charge in [0.25, 0.3) is 5.60 Å². The molecule has 2 bridgehead atoms. The molecule has 2 spiro atoms. The number of nitrogens with two attached hydrogens (primary N) is 1. The van der Waals surface area contributed by atoms with Crippen LogP contribution in [-0.4, -0.2) is 129 Å². The van der Waals surface area contributed by atoms with Gasteiger partial charge < -0.3 is 85.5 Å². The second-order valence-electron chi connectivity index (χ2n) is 14.6. The number of carbonyl (C=O) groups excluding carboxylic acids is 1. The number of esters is 1. The first kappa shape index (κ1) is 39.1. The fraction of sp³-hybridized carbons (Fsp3) is 0.395. The molecular weight excluding hydrogens is 772 g/mol. The Bertz CT molecular complexity index is 2420. The molecule has 8 rings (SSSR count). The summed E-state index contributed by atoms with van der Waals surface area (Å²) in [6.07, 6.45) is -13.6. The third-order valence-electron chi connectivity index (χ3n) is 11.1. The van der Waals surface area contributed by atoms with Crippen LogP contribution < -0.4 is 21.2 Å². The van der Waals surface area contributed by atoms with Gasteiger partial charge in [0.05, 0.1) is 12.6 Å². The van der Waals surface area contributed by atoms with E-state index >= 15 is 0 Å². The number of phenolic OH excluding ortho intramolecular Hbond substituents is 3. The largest absolute Gasteiger partial charge is 0.507 e. The molecule has 1 aromatic heterocycles. The van der Waals surface area contributed by atoms with Gasteiger partial charge in [-0.1, -0.05) is 17.9 Å². The zero-order valence-electron chi connectivity index (χ0n) is 29.8. The van der Waals surface area contributed by atoms with Crippen molar-refractivity contribution in [3.63, 3.8) is 0 Å². The number of aromatic hydroxyl groups is 3. The lowest BCUT2D eigenvalue weighted by atomic mass is 9.78. The Hall–Kier alpha value is -5.73. The molecular formula is C38H36N2O18. The first-order valence-electron chi connectivity index (χ1n) is 17.8. The Morgan fingerprint density at radius 3 is 2.38 bits per heavy atom. The Kier molecular flexibility index (Phi) is 9.23. The second kappa shape index (κ2) is 13.7. The Morgan fingerprint density at radius 1 is 0.931 bits per heavy atom. The highest BCUT2D eigenvalue weighted by Crippen LogP contribution is 2.53. The van der Waals surface area contributed by atoms with Crippen LogP contribution in [0.1, 0.15) is 30.7 Å². The fourth-order valence-corrected chi connectivity index (χ4v) is 7.97. The van der Waals surface area contributed by atoms with Crippen molar-refractivity contribution in [1.82, 2.24) is 5.32 Å². The van der Waals surface area contributed by atoms with Gasteiger partial charge in [-0.3, -0.25) is 4.79 Å². The molecule has 13 N–H and O–H groups in total. The molecule has 2 fully saturated rings. The number of rotatable bonds is 3. The number of dihydropyridines is 1. The first-order valence-corrected chi connectivity index (χ1v) is 17.8. The molecule has 306 valence electrons. The fourth-order valence-electron chi connectivity index (χ4n) is 7.97. The number of benzene rings is 2. The van der Waals surface area contributed by atoms with E-state index in [1.54, 1.807) is 12.2 Å². The Balaban J connectivity index is 1.30. The highest BCUT2D eigenvalue weighted by molar-refractivity contribution is 5.89. The number of aliphatic hydroxyl groups excluding tert-OH is 6. The predicted molar refractivity (Wildman–Crippen MR) is 190 cm³/mol. The number of aliphatic carboxylic acids is 1. The number of aliphatic hydroxyl groups is 6. The minimum absolute atomic E-state index is 0.0427. The Morgan fingerprint density at radius 2 is 1.69 bits per heavy atom. The van der Waals surface area contributed by atoms with E-state index in [4.69, 9.17) is 29.1 Å². The van der Waals surface area contributed by atoms with Crippen LogP contribution in [0.5, 0.6) is 23.0 Å². The summed E-state index contributed by atoms with van der Waals surface area (Å²) in [6, 6.07) is 5.85. The molecule has 6 heterocycles. The molecule has 58 heavy (non-hydrogen) atoms. The summed E-state index contributed by atoms with van der Waals surface area (Å²) >= 11 is 0. The van der Waals surface area contributed by atoms with E-state index < -0.39 is 119 Å². The summed E-state index contributed by atoms with van der Waals surface area (Å²) in [7, 11) is 0. The van der Waals surface area contributed by atoms with Crippen molar-refractivity contribution in [3.8, 4) is 46.2 Å². The number of fused-ring (bicyclic) bond motifs is 4. The summed E-state index contributed by atoms with van der Waals surface area (Å²) in [5.74, 6) is -4.64. The van der Waals surface area contributed by atoms with Gasteiger partial charge >= 0.3 is 11.9 Å². The van der Waals surface area contributed by atoms with Crippen LogP contribution in [0.4, 0.5) is 0 Å². The third-order valence-corrected chi connectivity index (χ3v) is 11.1. The maximum absolute atomic E-state index is 14.2. The van der Waals surface area contributed by atoms with E-state index in [2.05, 4.69) is 17.2 Å². The van der Waals surface area contributed by atoms with Crippen LogP contribution in [0.25, 0.3) is 22.3 Å². The molecule has 12 atom stereocenters. The molecule has 5 aliphatic rings. The van der Waals surface area contributed by atoms with E-state index in [0.29, 0.717) is 5.57 Å². The molecule has 2 saturated heterocycles. The van der Waals surface area contributed by atoms with Crippen LogP contribution >= 0.6 is 0 Å². The van der Waals surface area contributed by atoms with Crippen LogP contribution in [0.2, 0.25) is 0 Å². The standard InChI is InChI=1S/C38H36N2O18/c39-23-5-3-15(13-40-23)16-6-9-38(56-22-12-21-25(26(44)24(16)22)19(43)11-20(54-21)14-2-4-17(41)18(42)10-14)32(50)29(47)31(49)37(58-38)8-1-7-36(34(51)52)30(48)27(45)28(46)33(57-36)55-35(37)53/h2-5,10-13,16,23,27-33,40-42,44-50H,6,8-9,39H2,(H,51,52)/t16-,23?,27+,28+,29-,30-,31-,32+,33-,36-,37-,38-/m0/s1. The summed E-state index contributed by atoms with van der Waals surface area (Å²) in [5, 5.41) is 111. The smallest absolute Gasteiger partial charge is 0.351 e. The number of phenols is 3. The van der Waals surface area contributed by atoms with Crippen molar-refractivity contribution in [2.24, 2.45) is 5.73 Å². The van der Waals surface area contributed by atoms with Crippen molar-refractivity contribution in [2.75, 3.05) is 0 Å². The highest BCUT2D eigenvalue weighted by Gasteiger charge is 2.68. The molecule has 0 aliphatic carbocycles. The van der Waals surface area contributed by atoms with E-state index in [-0.39, 0.29) is 40.0 Å². The maximum Gasteiger partial charge on any atom is 0.351 e. The van der Waals surface area contributed by atoms with Gasteiger partial charge in [-0.25, -0.2) is 9.59 Å². The second-order valence-corrected chi connectivity index (χ2v) is 14.6. The molecule has 2 aromatic carbocycles. The third kappa shape index (κ3) is 5.78. The summed E-state index contributed by atoms with van der Waals surface area (Å²) in [5.41, 5.74) is -0.317. The van der Waals surface area contributed by atoms with E-state index in [0.717, 1.165) is 18.2 Å². The van der Waals surface area contributed by atoms with Crippen LogP contribution in [0.3, 0.4) is 0 Å². The quantitative estimate of drug-likeness (QED) is 0.0767. The molecule has 3 aromatic rings. The van der Waals surface area contributed by atoms with Gasteiger partial charge in [0.2, 0.25) is 17.7 Å².